The van der Waals surface area contributed by atoms with Gasteiger partial charge in [0.25, 0.3) is 5.79 Å². The molecule has 210 valence electrons. The topological polar surface area (TPSA) is 134 Å². The van der Waals surface area contributed by atoms with E-state index >= 15 is 0 Å². The van der Waals surface area contributed by atoms with Crippen LogP contribution in [0.2, 0.25) is 0 Å². The maximum atomic E-state index is 11.8. The van der Waals surface area contributed by atoms with Crippen molar-refractivity contribution in [3.8, 4) is 0 Å². The predicted molar refractivity (Wildman–Crippen MR) is 139 cm³/mol. The summed E-state index contributed by atoms with van der Waals surface area (Å²) in [6.07, 6.45) is 12.7. The highest BCUT2D eigenvalue weighted by atomic mass is 31.2. The van der Waals surface area contributed by atoms with Crippen molar-refractivity contribution in [3.05, 3.63) is 0 Å². The Bertz CT molecular complexity index is 612. The van der Waals surface area contributed by atoms with E-state index in [0.29, 0.717) is 19.3 Å². The number of ether oxygens (including phenoxy) is 1. The van der Waals surface area contributed by atoms with Gasteiger partial charge in [0.15, 0.2) is 0 Å². The molecule has 0 aliphatic heterocycles. The minimum Gasteiger partial charge on any atom is -0.477 e. The summed E-state index contributed by atoms with van der Waals surface area (Å²) in [6.45, 7) is 11.0. The maximum Gasteiger partial charge on any atom is 0.469 e. The summed E-state index contributed by atoms with van der Waals surface area (Å²) in [6, 6.07) is 0. The van der Waals surface area contributed by atoms with Crippen LogP contribution in [0.4, 0.5) is 0 Å². The molecule has 1 atom stereocenters. The second-order valence-corrected chi connectivity index (χ2v) is 11.4. The molecule has 0 spiro atoms. The molecule has 0 aliphatic rings. The first-order valence-corrected chi connectivity index (χ1v) is 15.2. The van der Waals surface area contributed by atoms with Gasteiger partial charge in [-0.3, -0.25) is 4.52 Å². The maximum absolute atomic E-state index is 11.8. The number of unbranched alkanes of at least 4 members (excludes halogenated alkanes) is 3. The monoisotopic (exact) mass is 524 g/mol. The van der Waals surface area contributed by atoms with Crippen LogP contribution < -0.4 is 0 Å². The molecule has 0 bridgehead atoms. The number of phosphoric acid groups is 1. The highest BCUT2D eigenvalue weighted by molar-refractivity contribution is 7.46. The van der Waals surface area contributed by atoms with E-state index in [1.807, 2.05) is 0 Å². The molecule has 4 N–H and O–H groups in total. The lowest BCUT2D eigenvalue weighted by Gasteiger charge is -2.35. The molecule has 0 fully saturated rings. The van der Waals surface area contributed by atoms with E-state index in [0.717, 1.165) is 70.6 Å². The van der Waals surface area contributed by atoms with E-state index in [1.165, 1.54) is 0 Å². The van der Waals surface area contributed by atoms with E-state index in [2.05, 4.69) is 39.1 Å². The Morgan fingerprint density at radius 3 is 1.60 bits per heavy atom. The molecule has 8 nitrogen and oxygen atoms in total. The van der Waals surface area contributed by atoms with Crippen LogP contribution in [-0.4, -0.2) is 45.0 Å². The summed E-state index contributed by atoms with van der Waals surface area (Å²) >= 11 is 0. The van der Waals surface area contributed by atoms with E-state index < -0.39 is 19.6 Å². The van der Waals surface area contributed by atoms with Gasteiger partial charge in [-0.25, -0.2) is 9.36 Å². The fourth-order valence-electron chi connectivity index (χ4n) is 5.02. The molecule has 0 rings (SSSR count). The second-order valence-electron chi connectivity index (χ2n) is 10.2. The first-order chi connectivity index (χ1) is 16.4. The standard InChI is InChI=1S/C26H53O8P/c1-6-11-16-25(9-4,10-5)19-20-26(29,23(27)28)33-21-14-12-17-24(7-2,8-3)18-13-15-22-34-35(30,31)32/h29H,6-22H2,1-5H3,(H,27,28)(H2,30,31,32). The molecular weight excluding hydrogens is 471 g/mol. The normalized spacial score (nSPS) is 14.7. The summed E-state index contributed by atoms with van der Waals surface area (Å²) in [5, 5.41) is 20.4. The lowest BCUT2D eigenvalue weighted by atomic mass is 9.73. The van der Waals surface area contributed by atoms with E-state index in [9.17, 15) is 19.6 Å². The summed E-state index contributed by atoms with van der Waals surface area (Å²) in [4.78, 5) is 29.4. The number of aliphatic hydroxyl groups is 1. The summed E-state index contributed by atoms with van der Waals surface area (Å²) in [5.74, 6) is -3.46. The van der Waals surface area contributed by atoms with E-state index in [4.69, 9.17) is 14.5 Å². The molecule has 9 heteroatoms. The number of rotatable bonds is 23. The summed E-state index contributed by atoms with van der Waals surface area (Å²) < 4.78 is 20.9. The van der Waals surface area contributed by atoms with E-state index in [1.54, 1.807) is 0 Å². The van der Waals surface area contributed by atoms with Crippen LogP contribution in [-0.2, 0) is 18.6 Å². The fourth-order valence-corrected chi connectivity index (χ4v) is 5.39. The number of carboxylic acids is 1. The quantitative estimate of drug-likeness (QED) is 0.0651. The SMILES string of the molecule is CCCCC(CC)(CC)CCC(O)(OCCCCC(CC)(CC)CCCCOP(=O)(O)O)C(=O)O. The van der Waals surface area contributed by atoms with Crippen LogP contribution >= 0.6 is 7.82 Å². The third kappa shape index (κ3) is 13.6. The Kier molecular flexibility index (Phi) is 16.8. The molecule has 0 aliphatic carbocycles. The molecule has 0 saturated carbocycles. The lowest BCUT2D eigenvalue weighted by Crippen LogP contribution is -2.43. The van der Waals surface area contributed by atoms with Gasteiger partial charge < -0.3 is 24.7 Å². The zero-order valence-electron chi connectivity index (χ0n) is 22.9. The predicted octanol–water partition coefficient (Wildman–Crippen LogP) is 6.81. The van der Waals surface area contributed by atoms with Gasteiger partial charge in [-0.2, -0.15) is 0 Å². The summed E-state index contributed by atoms with van der Waals surface area (Å²) in [7, 11) is -4.41. The van der Waals surface area contributed by atoms with Crippen molar-refractivity contribution in [2.45, 2.75) is 137 Å². The van der Waals surface area contributed by atoms with Gasteiger partial charge in [-0.05, 0) is 49.4 Å². The third-order valence-corrected chi connectivity index (χ3v) is 8.71. The third-order valence-electron chi connectivity index (χ3n) is 8.19. The molecule has 0 heterocycles. The number of carboxylic acid groups (broad SMARTS) is 1. The van der Waals surface area contributed by atoms with Crippen molar-refractivity contribution < 1.29 is 38.6 Å². The fraction of sp³-hybridized carbons (Fsp3) is 0.962. The van der Waals surface area contributed by atoms with Gasteiger partial charge >= 0.3 is 13.8 Å². The van der Waals surface area contributed by atoms with Gasteiger partial charge in [0.05, 0.1) is 13.2 Å². The largest absolute Gasteiger partial charge is 0.477 e. The Morgan fingerprint density at radius 2 is 1.17 bits per heavy atom. The minimum atomic E-state index is -4.41. The molecule has 0 saturated heterocycles. The second kappa shape index (κ2) is 17.1. The van der Waals surface area contributed by atoms with Gasteiger partial charge in [-0.1, -0.05) is 86.0 Å². The smallest absolute Gasteiger partial charge is 0.469 e. The number of hydrogen-bond donors (Lipinski definition) is 4. The molecule has 35 heavy (non-hydrogen) atoms. The lowest BCUT2D eigenvalue weighted by molar-refractivity contribution is -0.228. The van der Waals surface area contributed by atoms with Crippen LogP contribution in [0.3, 0.4) is 0 Å². The van der Waals surface area contributed by atoms with E-state index in [-0.39, 0.29) is 30.5 Å². The number of carbonyl (C=O) groups is 1. The molecule has 0 aromatic rings. The first kappa shape index (κ1) is 34.5. The van der Waals surface area contributed by atoms with Crippen LogP contribution in [0.15, 0.2) is 0 Å². The van der Waals surface area contributed by atoms with Crippen LogP contribution in [0.1, 0.15) is 131 Å². The molecule has 0 amide bonds. The van der Waals surface area contributed by atoms with Gasteiger partial charge in [0.1, 0.15) is 0 Å². The minimum absolute atomic E-state index is 0.0426. The van der Waals surface area contributed by atoms with Crippen molar-refractivity contribution in [3.63, 3.8) is 0 Å². The average Bonchev–Trinajstić information content (AvgIpc) is 2.82. The Morgan fingerprint density at radius 1 is 0.714 bits per heavy atom. The van der Waals surface area contributed by atoms with Crippen molar-refractivity contribution in [2.75, 3.05) is 13.2 Å². The summed E-state index contributed by atoms with van der Waals surface area (Å²) in [5.41, 5.74) is 0.174. The van der Waals surface area contributed by atoms with Crippen molar-refractivity contribution in [1.82, 2.24) is 0 Å². The van der Waals surface area contributed by atoms with Gasteiger partial charge in [0.2, 0.25) is 0 Å². The molecule has 0 radical (unpaired) electrons. The molecular formula is C26H53O8P. The first-order valence-electron chi connectivity index (χ1n) is 13.7. The highest BCUT2D eigenvalue weighted by Gasteiger charge is 2.40. The number of aliphatic carboxylic acids is 1. The van der Waals surface area contributed by atoms with Crippen molar-refractivity contribution in [2.24, 2.45) is 10.8 Å². The van der Waals surface area contributed by atoms with Gasteiger partial charge in [0, 0.05) is 6.42 Å². The zero-order valence-corrected chi connectivity index (χ0v) is 23.8. The van der Waals surface area contributed by atoms with Crippen molar-refractivity contribution >= 4 is 13.8 Å². The average molecular weight is 525 g/mol. The van der Waals surface area contributed by atoms with Gasteiger partial charge in [-0.15, -0.1) is 0 Å². The Balaban J connectivity index is 4.68. The van der Waals surface area contributed by atoms with Crippen LogP contribution in [0, 0.1) is 10.8 Å². The molecule has 0 aromatic heterocycles. The highest BCUT2D eigenvalue weighted by Crippen LogP contribution is 2.41. The van der Waals surface area contributed by atoms with Crippen LogP contribution in [0.25, 0.3) is 0 Å². The zero-order chi connectivity index (χ0) is 27.0. The number of phosphoric ester groups is 1. The van der Waals surface area contributed by atoms with Crippen LogP contribution in [0.5, 0.6) is 0 Å². The molecule has 1 unspecified atom stereocenters. The Labute approximate surface area is 213 Å². The molecule has 0 aromatic carbocycles. The van der Waals surface area contributed by atoms with Crippen molar-refractivity contribution in [1.29, 1.82) is 0 Å². The number of hydrogen-bond acceptors (Lipinski definition) is 5. The Hall–Kier alpha value is -0.500.